The Morgan fingerprint density at radius 3 is 2.83 bits per heavy atom. The molecule has 166 valence electrons. The van der Waals surface area contributed by atoms with E-state index in [2.05, 4.69) is 26.8 Å². The van der Waals surface area contributed by atoms with Crippen molar-refractivity contribution in [1.82, 2.24) is 0 Å². The lowest BCUT2D eigenvalue weighted by Crippen LogP contribution is -2.50. The molecule has 2 unspecified atom stereocenters. The third kappa shape index (κ3) is 3.75. The Labute approximate surface area is 189 Å². The van der Waals surface area contributed by atoms with Crippen LogP contribution in [0, 0.1) is 46.3 Å². The summed E-state index contributed by atoms with van der Waals surface area (Å²) in [6.45, 7) is 0.674. The molecule has 4 aliphatic rings. The molecule has 0 bridgehead atoms. The SMILES string of the molecule is [2H]C(CC[C@@H](C)[C@H]1CC[C@H]2[C@@H]3CC=C4C[C@@H](O)CC[C@]4(C)[C@H]3CC[C@]12C)C([2H])(C([2H])([2H])[2H])C([2H])([2H])O. The highest BCUT2D eigenvalue weighted by molar-refractivity contribution is 5.25. The van der Waals surface area contributed by atoms with Gasteiger partial charge < -0.3 is 10.2 Å². The van der Waals surface area contributed by atoms with E-state index in [0.29, 0.717) is 30.1 Å². The van der Waals surface area contributed by atoms with Gasteiger partial charge in [0.15, 0.2) is 0 Å². The fourth-order valence-electron chi connectivity index (χ4n) is 8.35. The highest BCUT2D eigenvalue weighted by atomic mass is 16.3. The topological polar surface area (TPSA) is 40.5 Å². The largest absolute Gasteiger partial charge is 0.396 e. The predicted octanol–water partition coefficient (Wildman–Crippen LogP) is 6.36. The molecule has 4 aliphatic carbocycles. The first-order valence-corrected chi connectivity index (χ1v) is 12.0. The maximum Gasteiger partial charge on any atom is 0.0577 e. The second-order valence-corrected chi connectivity index (χ2v) is 11.2. The molecule has 0 aromatic heterocycles. The van der Waals surface area contributed by atoms with Gasteiger partial charge in [0.1, 0.15) is 0 Å². The van der Waals surface area contributed by atoms with E-state index in [9.17, 15) is 10.2 Å². The van der Waals surface area contributed by atoms with Crippen molar-refractivity contribution in [2.45, 2.75) is 104 Å². The standard InChI is InChI=1S/C27H46O2/c1-18(17-28)6-5-7-19(2)23-10-11-24-22-9-8-20-16-21(29)12-14-26(20,3)25(22)13-15-27(23,24)4/h8,18-19,21-25,28-29H,5-7,9-17H2,1-4H3/t18?,19-,21+,22+,23-,24+,25+,26+,27-/m1/s1/i1D3,6D,17D2,18D/t6?,18?,19-,21+,22+,23-,24+,25+,26+,27-. The van der Waals surface area contributed by atoms with E-state index < -0.39 is 25.7 Å². The summed E-state index contributed by atoms with van der Waals surface area (Å²) >= 11 is 0. The number of hydrogen-bond donors (Lipinski definition) is 2. The van der Waals surface area contributed by atoms with Crippen molar-refractivity contribution in [3.05, 3.63) is 11.6 Å². The molecule has 0 aromatic rings. The summed E-state index contributed by atoms with van der Waals surface area (Å²) in [4.78, 5) is 0. The number of allylic oxidation sites excluding steroid dienone is 1. The minimum absolute atomic E-state index is 0.0823. The highest BCUT2D eigenvalue weighted by Crippen LogP contribution is 2.67. The van der Waals surface area contributed by atoms with Gasteiger partial charge in [-0.05, 0) is 104 Å². The van der Waals surface area contributed by atoms with Crippen LogP contribution in [0.5, 0.6) is 0 Å². The van der Waals surface area contributed by atoms with Crippen LogP contribution in [0.3, 0.4) is 0 Å². The van der Waals surface area contributed by atoms with E-state index in [0.717, 1.165) is 32.1 Å². The Morgan fingerprint density at radius 1 is 1.24 bits per heavy atom. The molecule has 0 aromatic carbocycles. The average molecular weight is 410 g/mol. The van der Waals surface area contributed by atoms with Crippen molar-refractivity contribution in [2.24, 2.45) is 46.3 Å². The molecule has 0 spiro atoms. The van der Waals surface area contributed by atoms with Crippen LogP contribution in [0.2, 0.25) is 0 Å². The molecule has 0 radical (unpaired) electrons. The summed E-state index contributed by atoms with van der Waals surface area (Å²) < 4.78 is 54.8. The molecule has 2 heteroatoms. The Balaban J connectivity index is 1.46. The molecule has 2 N–H and O–H groups in total. The number of rotatable bonds is 6. The molecule has 2 nitrogen and oxygen atoms in total. The first-order chi connectivity index (χ1) is 16.5. The lowest BCUT2D eigenvalue weighted by atomic mass is 9.47. The van der Waals surface area contributed by atoms with Gasteiger partial charge >= 0.3 is 0 Å². The van der Waals surface area contributed by atoms with Crippen LogP contribution in [0.15, 0.2) is 11.6 Å². The summed E-state index contributed by atoms with van der Waals surface area (Å²) in [5.41, 5.74) is 1.89. The zero-order valence-corrected chi connectivity index (χ0v) is 18.6. The van der Waals surface area contributed by atoms with Crippen molar-refractivity contribution >= 4 is 0 Å². The second-order valence-electron chi connectivity index (χ2n) is 11.2. The van der Waals surface area contributed by atoms with E-state index in [4.69, 9.17) is 9.60 Å². The van der Waals surface area contributed by atoms with E-state index in [1.54, 1.807) is 0 Å². The Kier molecular flexibility index (Phi) is 4.20. The van der Waals surface area contributed by atoms with Gasteiger partial charge in [0.25, 0.3) is 0 Å². The molecule has 0 aliphatic heterocycles. The van der Waals surface area contributed by atoms with Crippen LogP contribution in [-0.4, -0.2) is 22.9 Å². The van der Waals surface area contributed by atoms with Crippen molar-refractivity contribution in [1.29, 1.82) is 0 Å². The van der Waals surface area contributed by atoms with E-state index >= 15 is 0 Å². The van der Waals surface area contributed by atoms with E-state index in [-0.39, 0.29) is 29.3 Å². The molecule has 3 saturated carbocycles. The van der Waals surface area contributed by atoms with Crippen molar-refractivity contribution in [3.8, 4) is 0 Å². The summed E-state index contributed by atoms with van der Waals surface area (Å²) in [6.07, 6.45) is 9.92. The molecule has 3 fully saturated rings. The lowest BCUT2D eigenvalue weighted by Gasteiger charge is -2.58. The molecule has 29 heavy (non-hydrogen) atoms. The lowest BCUT2D eigenvalue weighted by molar-refractivity contribution is -0.0573. The van der Waals surface area contributed by atoms with Crippen molar-refractivity contribution in [3.63, 3.8) is 0 Å². The maximum atomic E-state index is 10.2. The smallest absolute Gasteiger partial charge is 0.0577 e. The molecular formula is C27H46O2. The number of fused-ring (bicyclic) bond motifs is 5. The van der Waals surface area contributed by atoms with Gasteiger partial charge in [-0.25, -0.2) is 0 Å². The summed E-state index contributed by atoms with van der Waals surface area (Å²) in [7, 11) is 0. The number of aliphatic hydroxyl groups is 2. The normalized spacial score (nSPS) is 52.9. The second kappa shape index (κ2) is 8.30. The van der Waals surface area contributed by atoms with Gasteiger partial charge in [0.05, 0.1) is 8.85 Å². The fourth-order valence-corrected chi connectivity index (χ4v) is 8.35. The van der Waals surface area contributed by atoms with E-state index in [1.165, 1.54) is 24.8 Å². The summed E-state index contributed by atoms with van der Waals surface area (Å²) in [5, 5.41) is 20.1. The highest BCUT2D eigenvalue weighted by Gasteiger charge is 2.59. The minimum Gasteiger partial charge on any atom is -0.396 e. The summed E-state index contributed by atoms with van der Waals surface area (Å²) in [6, 6.07) is 0. The van der Waals surface area contributed by atoms with Crippen LogP contribution >= 0.6 is 0 Å². The summed E-state index contributed by atoms with van der Waals surface area (Å²) in [5.74, 6) is -0.210. The predicted molar refractivity (Wildman–Crippen MR) is 120 cm³/mol. The van der Waals surface area contributed by atoms with Crippen LogP contribution < -0.4 is 0 Å². The van der Waals surface area contributed by atoms with Crippen LogP contribution in [-0.2, 0) is 0 Å². The third-order valence-corrected chi connectivity index (χ3v) is 9.93. The molecule has 4 rings (SSSR count). The van der Waals surface area contributed by atoms with Gasteiger partial charge in [-0.2, -0.15) is 0 Å². The third-order valence-electron chi connectivity index (χ3n) is 9.93. The van der Waals surface area contributed by atoms with Gasteiger partial charge in [0, 0.05) is 13.4 Å². The van der Waals surface area contributed by atoms with Gasteiger partial charge in [0.2, 0.25) is 0 Å². The number of hydrogen-bond acceptors (Lipinski definition) is 2. The van der Waals surface area contributed by atoms with Crippen molar-refractivity contribution < 1.29 is 19.8 Å². The average Bonchev–Trinajstić information content (AvgIpc) is 3.12. The monoisotopic (exact) mass is 409 g/mol. The quantitative estimate of drug-likeness (QED) is 0.501. The fraction of sp³-hybridized carbons (Fsp3) is 0.926. The molecule has 10 atom stereocenters. The number of aliphatic hydroxyl groups excluding tert-OH is 1. The van der Waals surface area contributed by atoms with Crippen LogP contribution in [0.1, 0.15) is 108 Å². The van der Waals surface area contributed by atoms with Crippen molar-refractivity contribution in [2.75, 3.05) is 6.56 Å². The first kappa shape index (κ1) is 14.7. The van der Waals surface area contributed by atoms with E-state index in [1.807, 2.05) is 0 Å². The molecule has 0 saturated heterocycles. The molecule has 0 amide bonds. The zero-order valence-electron chi connectivity index (χ0n) is 25.6. The zero-order chi connectivity index (χ0) is 26.9. The van der Waals surface area contributed by atoms with Gasteiger partial charge in [-0.3, -0.25) is 0 Å². The van der Waals surface area contributed by atoms with Crippen LogP contribution in [0.4, 0.5) is 0 Å². The Bertz CT molecular complexity index is 838. The molecular weight excluding hydrogens is 356 g/mol. The van der Waals surface area contributed by atoms with Crippen LogP contribution in [0.25, 0.3) is 0 Å². The Morgan fingerprint density at radius 2 is 2.07 bits per heavy atom. The van der Waals surface area contributed by atoms with Gasteiger partial charge in [-0.15, -0.1) is 0 Å². The van der Waals surface area contributed by atoms with Gasteiger partial charge in [-0.1, -0.05) is 52.1 Å². The molecule has 0 heterocycles. The minimum atomic E-state index is -3.28. The maximum absolute atomic E-state index is 10.2. The Hall–Kier alpha value is -0.340. The first-order valence-electron chi connectivity index (χ1n) is 15.6.